The van der Waals surface area contributed by atoms with Gasteiger partial charge in [0.1, 0.15) is 0 Å². The molecule has 1 fully saturated rings. The van der Waals surface area contributed by atoms with Crippen LogP contribution in [-0.4, -0.2) is 6.54 Å². The number of benzene rings is 1. The molecule has 2 rings (SSSR count). The summed E-state index contributed by atoms with van der Waals surface area (Å²) < 4.78 is 37.5. The predicted octanol–water partition coefficient (Wildman–Crippen LogP) is 4.44. The summed E-state index contributed by atoms with van der Waals surface area (Å²) in [4.78, 5) is 3.47. The van der Waals surface area contributed by atoms with Crippen LogP contribution in [0.25, 0.3) is 4.85 Å². The molecule has 1 aliphatic rings. The van der Waals surface area contributed by atoms with E-state index >= 15 is 0 Å². The first-order valence-corrected chi connectivity index (χ1v) is 5.99. The third kappa shape index (κ3) is 2.35. The Morgan fingerprint density at radius 3 is 2.11 bits per heavy atom. The zero-order chi connectivity index (χ0) is 13.2. The molecule has 0 bridgehead atoms. The summed E-state index contributed by atoms with van der Waals surface area (Å²) in [6.45, 7) is 7.40. The predicted molar refractivity (Wildman–Crippen MR) is 63.1 cm³/mol. The molecule has 1 aliphatic carbocycles. The average Bonchev–Trinajstić information content (AvgIpc) is 2.78. The molecule has 4 heteroatoms. The maximum Gasteiger partial charge on any atom is 0.416 e. The van der Waals surface area contributed by atoms with Crippen molar-refractivity contribution in [3.05, 3.63) is 46.8 Å². The quantitative estimate of drug-likeness (QED) is 0.686. The van der Waals surface area contributed by atoms with E-state index in [0.29, 0.717) is 6.54 Å². The van der Waals surface area contributed by atoms with Gasteiger partial charge in [-0.05, 0) is 30.5 Å². The summed E-state index contributed by atoms with van der Waals surface area (Å²) in [6, 6.07) is 5.33. The molecular formula is C14H14F3N. The van der Waals surface area contributed by atoms with Crippen LogP contribution in [0.3, 0.4) is 0 Å². The molecule has 0 amide bonds. The molecule has 0 heterocycles. The van der Waals surface area contributed by atoms with Crippen molar-refractivity contribution in [2.75, 3.05) is 6.54 Å². The van der Waals surface area contributed by atoms with Crippen LogP contribution in [0.5, 0.6) is 0 Å². The summed E-state index contributed by atoms with van der Waals surface area (Å²) in [7, 11) is 0. The van der Waals surface area contributed by atoms with Crippen molar-refractivity contribution in [2.45, 2.75) is 37.3 Å². The minimum absolute atomic E-state index is 0.216. The fraction of sp³-hybridized carbons (Fsp3) is 0.500. The molecule has 0 saturated heterocycles. The summed E-state index contributed by atoms with van der Waals surface area (Å²) in [6.07, 6.45) is -0.379. The van der Waals surface area contributed by atoms with Crippen molar-refractivity contribution < 1.29 is 13.2 Å². The van der Waals surface area contributed by atoms with Crippen LogP contribution in [0, 0.1) is 6.57 Å². The van der Waals surface area contributed by atoms with Crippen molar-refractivity contribution in [3.63, 3.8) is 0 Å². The van der Waals surface area contributed by atoms with E-state index in [4.69, 9.17) is 6.57 Å². The first kappa shape index (κ1) is 12.9. The average molecular weight is 253 g/mol. The molecule has 1 nitrogen and oxygen atoms in total. The Morgan fingerprint density at radius 2 is 1.67 bits per heavy atom. The first-order chi connectivity index (χ1) is 8.48. The number of rotatable bonds is 2. The van der Waals surface area contributed by atoms with E-state index in [0.717, 1.165) is 43.4 Å². The Bertz CT molecular complexity index is 447. The van der Waals surface area contributed by atoms with Gasteiger partial charge in [0.25, 0.3) is 0 Å². The second-order valence-corrected chi connectivity index (χ2v) is 4.88. The van der Waals surface area contributed by atoms with Crippen molar-refractivity contribution in [2.24, 2.45) is 0 Å². The summed E-state index contributed by atoms with van der Waals surface area (Å²) in [5.41, 5.74) is 0.0394. The Kier molecular flexibility index (Phi) is 3.34. The lowest BCUT2D eigenvalue weighted by Gasteiger charge is -2.24. The van der Waals surface area contributed by atoms with Gasteiger partial charge < -0.3 is 4.85 Å². The number of nitrogens with zero attached hydrogens (tertiary/aromatic N) is 1. The minimum atomic E-state index is -4.29. The van der Waals surface area contributed by atoms with E-state index in [-0.39, 0.29) is 5.41 Å². The van der Waals surface area contributed by atoms with E-state index in [9.17, 15) is 13.2 Å². The van der Waals surface area contributed by atoms with Gasteiger partial charge in [0.05, 0.1) is 11.0 Å². The van der Waals surface area contributed by atoms with Gasteiger partial charge in [-0.25, -0.2) is 6.57 Å². The Hall–Kier alpha value is -1.50. The van der Waals surface area contributed by atoms with Crippen LogP contribution in [0.1, 0.15) is 36.8 Å². The number of halogens is 3. The fourth-order valence-electron chi connectivity index (χ4n) is 2.75. The lowest BCUT2D eigenvalue weighted by Crippen LogP contribution is -2.25. The molecule has 1 saturated carbocycles. The molecule has 0 atom stereocenters. The molecule has 0 aromatic heterocycles. The van der Waals surface area contributed by atoms with Crippen LogP contribution < -0.4 is 0 Å². The molecule has 1 aromatic rings. The van der Waals surface area contributed by atoms with E-state index in [1.165, 1.54) is 0 Å². The van der Waals surface area contributed by atoms with E-state index in [1.54, 1.807) is 12.1 Å². The molecule has 0 aliphatic heterocycles. The molecule has 0 N–H and O–H groups in total. The normalized spacial score (nSPS) is 18.6. The van der Waals surface area contributed by atoms with Crippen LogP contribution in [0.2, 0.25) is 0 Å². The van der Waals surface area contributed by atoms with E-state index < -0.39 is 11.7 Å². The van der Waals surface area contributed by atoms with Gasteiger partial charge >= 0.3 is 6.18 Å². The lowest BCUT2D eigenvalue weighted by atomic mass is 9.79. The smallest absolute Gasteiger partial charge is 0.316 e. The Morgan fingerprint density at radius 1 is 1.11 bits per heavy atom. The highest BCUT2D eigenvalue weighted by atomic mass is 19.4. The van der Waals surface area contributed by atoms with E-state index in [1.807, 2.05) is 0 Å². The summed E-state index contributed by atoms with van der Waals surface area (Å²) in [5.74, 6) is 0. The zero-order valence-electron chi connectivity index (χ0n) is 9.93. The molecule has 1 aromatic carbocycles. The maximum absolute atomic E-state index is 12.5. The van der Waals surface area contributed by atoms with Gasteiger partial charge in [-0.2, -0.15) is 13.2 Å². The van der Waals surface area contributed by atoms with Gasteiger partial charge in [-0.15, -0.1) is 0 Å². The minimum Gasteiger partial charge on any atom is -0.316 e. The molecule has 0 unspecified atom stereocenters. The third-order valence-corrected chi connectivity index (χ3v) is 3.77. The third-order valence-electron chi connectivity index (χ3n) is 3.77. The topological polar surface area (TPSA) is 4.36 Å². The fourth-order valence-corrected chi connectivity index (χ4v) is 2.75. The van der Waals surface area contributed by atoms with Crippen LogP contribution in [-0.2, 0) is 11.6 Å². The van der Waals surface area contributed by atoms with Crippen molar-refractivity contribution in [3.8, 4) is 0 Å². The second-order valence-electron chi connectivity index (χ2n) is 4.88. The van der Waals surface area contributed by atoms with Crippen LogP contribution >= 0.6 is 0 Å². The number of hydrogen-bond donors (Lipinski definition) is 0. The molecule has 0 spiro atoms. The van der Waals surface area contributed by atoms with Crippen molar-refractivity contribution in [1.29, 1.82) is 0 Å². The lowest BCUT2D eigenvalue weighted by molar-refractivity contribution is -0.137. The monoisotopic (exact) mass is 253 g/mol. The summed E-state index contributed by atoms with van der Waals surface area (Å²) >= 11 is 0. The van der Waals surface area contributed by atoms with Crippen molar-refractivity contribution >= 4 is 0 Å². The Labute approximate surface area is 104 Å². The Balaban J connectivity index is 2.31. The molecule has 0 radical (unpaired) electrons. The number of hydrogen-bond acceptors (Lipinski definition) is 0. The zero-order valence-corrected chi connectivity index (χ0v) is 9.93. The SMILES string of the molecule is [C-]#[N+]CC1(c2ccc(C(F)(F)F)cc2)CCCC1. The van der Waals surface area contributed by atoms with Gasteiger partial charge in [0, 0.05) is 0 Å². The second kappa shape index (κ2) is 4.64. The van der Waals surface area contributed by atoms with E-state index in [2.05, 4.69) is 4.85 Å². The highest BCUT2D eigenvalue weighted by Crippen LogP contribution is 2.42. The van der Waals surface area contributed by atoms with Crippen LogP contribution in [0.15, 0.2) is 24.3 Å². The summed E-state index contributed by atoms with van der Waals surface area (Å²) in [5, 5.41) is 0. The van der Waals surface area contributed by atoms with Gasteiger partial charge in [0.15, 0.2) is 0 Å². The van der Waals surface area contributed by atoms with Crippen molar-refractivity contribution in [1.82, 2.24) is 0 Å². The van der Waals surface area contributed by atoms with Gasteiger partial charge in [0.2, 0.25) is 6.54 Å². The van der Waals surface area contributed by atoms with Gasteiger partial charge in [-0.1, -0.05) is 25.0 Å². The van der Waals surface area contributed by atoms with Crippen LogP contribution in [0.4, 0.5) is 13.2 Å². The largest absolute Gasteiger partial charge is 0.416 e. The number of alkyl halides is 3. The highest BCUT2D eigenvalue weighted by Gasteiger charge is 2.39. The highest BCUT2D eigenvalue weighted by molar-refractivity contribution is 5.32. The molecule has 18 heavy (non-hydrogen) atoms. The molecular weight excluding hydrogens is 239 g/mol. The molecule has 96 valence electrons. The van der Waals surface area contributed by atoms with Gasteiger partial charge in [-0.3, -0.25) is 0 Å². The maximum atomic E-state index is 12.5. The first-order valence-electron chi connectivity index (χ1n) is 5.99. The standard InChI is InChI=1S/C14H14F3N/c1-18-10-13(8-2-3-9-13)11-4-6-12(7-5-11)14(15,16)17/h4-7H,2-3,8-10H2.